The van der Waals surface area contributed by atoms with E-state index in [2.05, 4.69) is 47.7 Å². The van der Waals surface area contributed by atoms with Gasteiger partial charge in [-0.1, -0.05) is 70.2 Å². The second kappa shape index (κ2) is 19.6. The highest BCUT2D eigenvalue weighted by molar-refractivity contribution is 7.13. The fourth-order valence-corrected chi connectivity index (χ4v) is 7.74. The van der Waals surface area contributed by atoms with Gasteiger partial charge in [-0.2, -0.15) is 0 Å². The van der Waals surface area contributed by atoms with Crippen molar-refractivity contribution in [1.82, 2.24) is 20.5 Å². The third kappa shape index (κ3) is 12.4. The van der Waals surface area contributed by atoms with Gasteiger partial charge >= 0.3 is 0 Å². The van der Waals surface area contributed by atoms with Gasteiger partial charge in [-0.05, 0) is 92.5 Å². The van der Waals surface area contributed by atoms with E-state index in [9.17, 15) is 24.3 Å². The van der Waals surface area contributed by atoms with Crippen LogP contribution in [0.4, 0.5) is 0 Å². The molecule has 1 aliphatic rings. The van der Waals surface area contributed by atoms with E-state index in [-0.39, 0.29) is 61.1 Å². The van der Waals surface area contributed by atoms with E-state index < -0.39 is 23.6 Å². The number of rotatable bonds is 18. The van der Waals surface area contributed by atoms with E-state index in [1.54, 1.807) is 11.3 Å². The van der Waals surface area contributed by atoms with Crippen molar-refractivity contribution in [3.8, 4) is 10.4 Å². The third-order valence-electron chi connectivity index (χ3n) is 10.7. The van der Waals surface area contributed by atoms with Gasteiger partial charge in [0.15, 0.2) is 0 Å². The Morgan fingerprint density at radius 2 is 1.73 bits per heavy atom. The van der Waals surface area contributed by atoms with Crippen molar-refractivity contribution >= 4 is 35.0 Å². The zero-order valence-corrected chi connectivity index (χ0v) is 34.6. The molecule has 1 aliphatic heterocycles. The maximum absolute atomic E-state index is 14.1. The molecule has 0 radical (unpaired) electrons. The predicted molar refractivity (Wildman–Crippen MR) is 217 cm³/mol. The Bertz CT molecular complexity index is 1770. The first-order chi connectivity index (χ1) is 25.9. The van der Waals surface area contributed by atoms with E-state index in [0.29, 0.717) is 25.9 Å². The molecule has 1 aromatic heterocycles. The number of carbonyl (C=O) groups is 4. The van der Waals surface area contributed by atoms with Crippen molar-refractivity contribution < 1.29 is 29.0 Å². The van der Waals surface area contributed by atoms with Gasteiger partial charge in [0.1, 0.15) is 12.1 Å². The Hall–Kier alpha value is -4.13. The minimum atomic E-state index is -0.868. The zero-order chi connectivity index (χ0) is 40.4. The second-order valence-corrected chi connectivity index (χ2v) is 17.2. The molecule has 2 heterocycles. The molecule has 0 bridgehead atoms. The first-order valence-electron chi connectivity index (χ1n) is 19.5. The smallest absolute Gasteiger partial charge is 0.246 e. The third-order valence-corrected chi connectivity index (χ3v) is 11.7. The van der Waals surface area contributed by atoms with Crippen LogP contribution in [0.5, 0.6) is 0 Å². The number of aliphatic hydroxyl groups is 1. The molecular weight excluding hydrogens is 715 g/mol. The number of aryl methyl sites for hydroxylation is 3. The van der Waals surface area contributed by atoms with Crippen LogP contribution in [0.3, 0.4) is 0 Å². The highest BCUT2D eigenvalue weighted by Crippen LogP contribution is 2.30. The number of carbonyl (C=O) groups excluding carboxylic acids is 4. The quantitative estimate of drug-likeness (QED) is 0.110. The number of nitrogens with zero attached hydrogens (tertiary/aromatic N) is 2. The summed E-state index contributed by atoms with van der Waals surface area (Å²) in [4.78, 5) is 58.9. The molecule has 6 atom stereocenters. The number of hydrogen-bond donors (Lipinski definition) is 4. The van der Waals surface area contributed by atoms with Crippen LogP contribution in [0, 0.1) is 25.2 Å². The summed E-state index contributed by atoms with van der Waals surface area (Å²) in [6, 6.07) is 12.3. The summed E-state index contributed by atoms with van der Waals surface area (Å²) in [5.74, 6) is -0.999. The summed E-state index contributed by atoms with van der Waals surface area (Å²) in [5, 5.41) is 16.6. The van der Waals surface area contributed by atoms with Crippen LogP contribution in [0.25, 0.3) is 10.4 Å². The SMILES string of the molecule is Cc1cc(CCCCC(=O)N[C@H](C(=O)N2C[C@H](O)C[C@H]2C(=O)N[C@@H](C)c2ccc(-c3scnc3C)cc2)C(C)(C)C)ccc1CO[C@H](C)[C@@H](C)CCC(N)=O. The molecule has 4 amide bonds. The number of nitrogens with one attached hydrogen (secondary N) is 2. The average molecular weight is 776 g/mol. The summed E-state index contributed by atoms with van der Waals surface area (Å²) in [7, 11) is 0. The van der Waals surface area contributed by atoms with Crippen LogP contribution in [0.15, 0.2) is 48.0 Å². The Morgan fingerprint density at radius 1 is 1.02 bits per heavy atom. The monoisotopic (exact) mass is 775 g/mol. The highest BCUT2D eigenvalue weighted by atomic mass is 32.1. The number of thiazole rings is 1. The standard InChI is InChI=1S/C43H61N5O6S/c1-26(13-20-37(44)50)30(5)54-24-34-15-14-31(21-27(34)2)11-9-10-12-38(51)47-40(43(6,7)8)42(53)48-23-35(49)22-36(48)41(52)46-28(3)32-16-18-33(19-17-32)39-29(4)45-25-55-39/h14-19,21,25-26,28,30,35-36,40,49H,9-13,20,22-24H2,1-8H3,(H2,44,50)(H,46,52)(H,47,51)/t26-,28-,30+,35+,36-,40+/m0/s1. The number of benzene rings is 2. The average Bonchev–Trinajstić information content (AvgIpc) is 3.75. The van der Waals surface area contributed by atoms with Crippen molar-refractivity contribution in [3.63, 3.8) is 0 Å². The van der Waals surface area contributed by atoms with Crippen LogP contribution >= 0.6 is 11.3 Å². The first kappa shape index (κ1) is 43.6. The molecule has 11 nitrogen and oxygen atoms in total. The molecule has 1 saturated heterocycles. The number of ether oxygens (including phenoxy) is 1. The second-order valence-electron chi connectivity index (χ2n) is 16.3. The van der Waals surface area contributed by atoms with E-state index in [1.165, 1.54) is 10.5 Å². The molecule has 1 fully saturated rings. The number of amides is 4. The molecule has 0 unspecified atom stereocenters. The lowest BCUT2D eigenvalue weighted by Crippen LogP contribution is -2.57. The van der Waals surface area contributed by atoms with E-state index in [0.717, 1.165) is 45.7 Å². The lowest BCUT2D eigenvalue weighted by Gasteiger charge is -2.35. The fourth-order valence-electron chi connectivity index (χ4n) is 6.93. The Balaban J connectivity index is 1.27. The Morgan fingerprint density at radius 3 is 2.35 bits per heavy atom. The topological polar surface area (TPSA) is 164 Å². The minimum absolute atomic E-state index is 0.00337. The van der Waals surface area contributed by atoms with Crippen molar-refractivity contribution in [2.75, 3.05) is 6.54 Å². The van der Waals surface area contributed by atoms with E-state index in [4.69, 9.17) is 10.5 Å². The number of β-amino-alcohol motifs (C(OH)–C–C–N with tert-alkyl or cyclic N) is 1. The van der Waals surface area contributed by atoms with Gasteiger partial charge in [-0.3, -0.25) is 19.2 Å². The molecule has 3 aromatic rings. The maximum atomic E-state index is 14.1. The Labute approximate surface area is 330 Å². The number of primary amides is 1. The van der Waals surface area contributed by atoms with Crippen molar-refractivity contribution in [2.45, 2.75) is 137 Å². The number of nitrogens with two attached hydrogens (primary N) is 1. The first-order valence-corrected chi connectivity index (χ1v) is 20.4. The number of hydrogen-bond acceptors (Lipinski definition) is 8. The molecule has 4 rings (SSSR count). The van der Waals surface area contributed by atoms with Gasteiger partial charge in [0, 0.05) is 25.8 Å². The molecule has 0 saturated carbocycles. The lowest BCUT2D eigenvalue weighted by molar-refractivity contribution is -0.144. The van der Waals surface area contributed by atoms with Gasteiger partial charge in [-0.25, -0.2) is 4.98 Å². The summed E-state index contributed by atoms with van der Waals surface area (Å²) in [6.45, 7) is 16.2. The van der Waals surface area contributed by atoms with E-state index >= 15 is 0 Å². The van der Waals surface area contributed by atoms with E-state index in [1.807, 2.05) is 71.3 Å². The van der Waals surface area contributed by atoms with Crippen LogP contribution in [-0.2, 0) is 36.9 Å². The highest BCUT2D eigenvalue weighted by Gasteiger charge is 2.44. The minimum Gasteiger partial charge on any atom is -0.391 e. The van der Waals surface area contributed by atoms with Crippen LogP contribution in [0.2, 0.25) is 0 Å². The fraction of sp³-hybridized carbons (Fsp3) is 0.558. The molecule has 0 spiro atoms. The Kier molecular flexibility index (Phi) is 15.6. The number of likely N-dealkylation sites (tertiary alicyclic amines) is 1. The molecule has 5 N–H and O–H groups in total. The van der Waals surface area contributed by atoms with Gasteiger partial charge in [0.2, 0.25) is 23.6 Å². The number of aliphatic hydroxyl groups excluding tert-OH is 1. The lowest BCUT2D eigenvalue weighted by atomic mass is 9.85. The summed E-state index contributed by atoms with van der Waals surface area (Å²) in [5.41, 5.74) is 12.9. The van der Waals surface area contributed by atoms with Crippen molar-refractivity contribution in [3.05, 3.63) is 75.9 Å². The van der Waals surface area contributed by atoms with Gasteiger partial charge in [0.25, 0.3) is 0 Å². The maximum Gasteiger partial charge on any atom is 0.246 e. The van der Waals surface area contributed by atoms with Crippen LogP contribution in [0.1, 0.15) is 114 Å². The summed E-state index contributed by atoms with van der Waals surface area (Å²) < 4.78 is 6.09. The summed E-state index contributed by atoms with van der Waals surface area (Å²) >= 11 is 1.58. The number of unbranched alkanes of at least 4 members (excludes halogenated alkanes) is 1. The predicted octanol–water partition coefficient (Wildman–Crippen LogP) is 6.32. The molecule has 300 valence electrons. The van der Waals surface area contributed by atoms with Gasteiger partial charge in [-0.15, -0.1) is 11.3 Å². The van der Waals surface area contributed by atoms with Crippen molar-refractivity contribution in [2.24, 2.45) is 17.1 Å². The molecule has 55 heavy (non-hydrogen) atoms. The van der Waals surface area contributed by atoms with Gasteiger partial charge < -0.3 is 31.1 Å². The largest absolute Gasteiger partial charge is 0.391 e. The summed E-state index contributed by atoms with van der Waals surface area (Å²) in [6.07, 6.45) is 2.88. The molecule has 0 aliphatic carbocycles. The molecular formula is C43H61N5O6S. The number of aromatic nitrogens is 1. The molecule has 2 aromatic carbocycles. The zero-order valence-electron chi connectivity index (χ0n) is 33.8. The normalized spacial score (nSPS) is 18.0. The van der Waals surface area contributed by atoms with Gasteiger partial charge in [0.05, 0.1) is 40.9 Å². The van der Waals surface area contributed by atoms with Crippen LogP contribution in [-0.4, -0.2) is 69.5 Å². The van der Waals surface area contributed by atoms with Crippen molar-refractivity contribution in [1.29, 1.82) is 0 Å². The molecule has 12 heteroatoms. The van der Waals surface area contributed by atoms with Crippen LogP contribution < -0.4 is 16.4 Å².